The second kappa shape index (κ2) is 8.32. The third kappa shape index (κ3) is 4.19. The van der Waals surface area contributed by atoms with Gasteiger partial charge in [-0.1, -0.05) is 35.9 Å². The van der Waals surface area contributed by atoms with Crippen LogP contribution in [0.4, 0.5) is 10.1 Å². The summed E-state index contributed by atoms with van der Waals surface area (Å²) < 4.78 is 39.6. The minimum atomic E-state index is -3.14. The molecule has 1 aliphatic heterocycles. The number of halogens is 1. The van der Waals surface area contributed by atoms with Gasteiger partial charge in [-0.15, -0.1) is 0 Å². The molecule has 4 aromatic rings. The number of benzene rings is 2. The van der Waals surface area contributed by atoms with Gasteiger partial charge in [0.1, 0.15) is 5.82 Å². The number of hydrogen-bond donors (Lipinski definition) is 1. The van der Waals surface area contributed by atoms with Gasteiger partial charge in [-0.05, 0) is 44.5 Å². The molecule has 34 heavy (non-hydrogen) atoms. The molecule has 1 N–H and O–H groups in total. The lowest BCUT2D eigenvalue weighted by Crippen LogP contribution is -2.15. The fourth-order valence-electron chi connectivity index (χ4n) is 4.35. The number of sulfone groups is 1. The van der Waals surface area contributed by atoms with Crippen molar-refractivity contribution in [1.29, 1.82) is 0 Å². The predicted molar refractivity (Wildman–Crippen MR) is 129 cm³/mol. The number of amides is 1. The standard InChI is InChI=1S/C25H23FN4O3S/c1-15-6-8-17(9-7-15)22-13-21(25(31)27-19-5-3-4-18(26)12-19)23-16(2)29-30(24(23)28-22)20-10-11-34(32,33)14-20/h3-9,12-13,20H,10-11,14H2,1-2H3,(H,27,31)/t20-/m0/s1. The van der Waals surface area contributed by atoms with E-state index in [-0.39, 0.29) is 17.5 Å². The fraction of sp³-hybridized carbons (Fsp3) is 0.240. The molecule has 2 aromatic heterocycles. The molecule has 7 nitrogen and oxygen atoms in total. The van der Waals surface area contributed by atoms with Crippen molar-refractivity contribution < 1.29 is 17.6 Å². The summed E-state index contributed by atoms with van der Waals surface area (Å²) in [6, 6.07) is 14.8. The maximum absolute atomic E-state index is 13.7. The summed E-state index contributed by atoms with van der Waals surface area (Å²) in [4.78, 5) is 18.2. The van der Waals surface area contributed by atoms with Crippen LogP contribution in [0.15, 0.2) is 54.6 Å². The topological polar surface area (TPSA) is 94.0 Å². The molecule has 9 heteroatoms. The van der Waals surface area contributed by atoms with Crippen LogP contribution in [0.5, 0.6) is 0 Å². The number of rotatable bonds is 4. The molecule has 0 unspecified atom stereocenters. The van der Waals surface area contributed by atoms with E-state index in [4.69, 9.17) is 4.98 Å². The van der Waals surface area contributed by atoms with Gasteiger partial charge in [0.2, 0.25) is 0 Å². The van der Waals surface area contributed by atoms with Crippen LogP contribution in [0.1, 0.15) is 34.1 Å². The van der Waals surface area contributed by atoms with E-state index in [1.807, 2.05) is 31.2 Å². The molecular weight excluding hydrogens is 455 g/mol. The van der Waals surface area contributed by atoms with Crippen molar-refractivity contribution >= 4 is 32.5 Å². The van der Waals surface area contributed by atoms with Crippen molar-refractivity contribution in [2.75, 3.05) is 16.8 Å². The molecule has 5 rings (SSSR count). The number of fused-ring (bicyclic) bond motifs is 1. The van der Waals surface area contributed by atoms with E-state index in [0.717, 1.165) is 11.1 Å². The van der Waals surface area contributed by atoms with Gasteiger partial charge in [0.25, 0.3) is 5.91 Å². The molecule has 174 valence electrons. The van der Waals surface area contributed by atoms with E-state index in [9.17, 15) is 17.6 Å². The van der Waals surface area contributed by atoms with E-state index < -0.39 is 21.6 Å². The van der Waals surface area contributed by atoms with E-state index in [1.165, 1.54) is 18.2 Å². The first kappa shape index (κ1) is 22.2. The Morgan fingerprint density at radius 3 is 2.56 bits per heavy atom. The Balaban J connectivity index is 1.68. The lowest BCUT2D eigenvalue weighted by Gasteiger charge is -2.12. The van der Waals surface area contributed by atoms with Crippen molar-refractivity contribution in [3.63, 3.8) is 0 Å². The lowest BCUT2D eigenvalue weighted by atomic mass is 10.0. The molecule has 1 fully saturated rings. The number of carbonyl (C=O) groups excluding carboxylic acids is 1. The van der Waals surface area contributed by atoms with Crippen molar-refractivity contribution in [1.82, 2.24) is 14.8 Å². The van der Waals surface area contributed by atoms with Crippen LogP contribution in [0.25, 0.3) is 22.3 Å². The Morgan fingerprint density at radius 2 is 1.88 bits per heavy atom. The highest BCUT2D eigenvalue weighted by atomic mass is 32.2. The number of nitrogens with zero attached hydrogens (tertiary/aromatic N) is 3. The molecule has 1 amide bonds. The Bertz CT molecular complexity index is 1530. The minimum Gasteiger partial charge on any atom is -0.322 e. The third-order valence-electron chi connectivity index (χ3n) is 6.07. The molecule has 1 atom stereocenters. The SMILES string of the molecule is Cc1ccc(-c2cc(C(=O)Nc3cccc(F)c3)c3c(C)nn([C@H]4CCS(=O)(=O)C4)c3n2)cc1. The second-order valence-electron chi connectivity index (χ2n) is 8.67. The first-order chi connectivity index (χ1) is 16.2. The summed E-state index contributed by atoms with van der Waals surface area (Å²) in [6.07, 6.45) is 0.444. The summed E-state index contributed by atoms with van der Waals surface area (Å²) in [5, 5.41) is 7.91. The van der Waals surface area contributed by atoms with E-state index in [2.05, 4.69) is 10.4 Å². The highest BCUT2D eigenvalue weighted by molar-refractivity contribution is 7.91. The molecule has 1 saturated heterocycles. The Hall–Kier alpha value is -3.59. The first-order valence-corrected chi connectivity index (χ1v) is 12.8. The number of aromatic nitrogens is 3. The van der Waals surface area contributed by atoms with Crippen LogP contribution in [-0.2, 0) is 9.84 Å². The molecule has 1 aliphatic rings. The smallest absolute Gasteiger partial charge is 0.256 e. The van der Waals surface area contributed by atoms with Crippen molar-refractivity contribution in [3.05, 3.63) is 77.2 Å². The van der Waals surface area contributed by atoms with E-state index in [1.54, 1.807) is 23.7 Å². The Morgan fingerprint density at radius 1 is 1.12 bits per heavy atom. The van der Waals surface area contributed by atoms with E-state index >= 15 is 0 Å². The third-order valence-corrected chi connectivity index (χ3v) is 7.82. The zero-order chi connectivity index (χ0) is 24.0. The summed E-state index contributed by atoms with van der Waals surface area (Å²) in [6.45, 7) is 3.76. The molecule has 0 saturated carbocycles. The minimum absolute atomic E-state index is 0.00944. The molecule has 2 aromatic carbocycles. The maximum Gasteiger partial charge on any atom is 0.256 e. The number of aryl methyl sites for hydroxylation is 2. The maximum atomic E-state index is 13.7. The second-order valence-corrected chi connectivity index (χ2v) is 10.9. The average Bonchev–Trinajstić information content (AvgIpc) is 3.32. The van der Waals surface area contributed by atoms with Crippen molar-refractivity contribution in [2.24, 2.45) is 0 Å². The van der Waals surface area contributed by atoms with Crippen LogP contribution in [0, 0.1) is 19.7 Å². The largest absolute Gasteiger partial charge is 0.322 e. The van der Waals surface area contributed by atoms with Gasteiger partial charge in [0, 0.05) is 11.3 Å². The molecule has 3 heterocycles. The van der Waals surface area contributed by atoms with Gasteiger partial charge >= 0.3 is 0 Å². The quantitative estimate of drug-likeness (QED) is 0.467. The van der Waals surface area contributed by atoms with Crippen molar-refractivity contribution in [2.45, 2.75) is 26.3 Å². The number of pyridine rings is 1. The summed E-state index contributed by atoms with van der Waals surface area (Å²) in [5.74, 6) is -0.787. The van der Waals surface area contributed by atoms with Crippen LogP contribution < -0.4 is 5.32 Å². The first-order valence-electron chi connectivity index (χ1n) is 10.9. The summed E-state index contributed by atoms with van der Waals surface area (Å²) >= 11 is 0. The average molecular weight is 479 g/mol. The number of carbonyl (C=O) groups is 1. The normalized spacial score (nSPS) is 17.2. The summed E-state index contributed by atoms with van der Waals surface area (Å²) in [5.41, 5.74) is 4.18. The zero-order valence-corrected chi connectivity index (χ0v) is 19.6. The number of hydrogen-bond acceptors (Lipinski definition) is 5. The molecular formula is C25H23FN4O3S. The van der Waals surface area contributed by atoms with Gasteiger partial charge in [0.15, 0.2) is 15.5 Å². The van der Waals surface area contributed by atoms with Gasteiger partial charge in [-0.3, -0.25) is 4.79 Å². The fourth-order valence-corrected chi connectivity index (χ4v) is 6.04. The van der Waals surface area contributed by atoms with Gasteiger partial charge in [-0.25, -0.2) is 22.5 Å². The van der Waals surface area contributed by atoms with Crippen LogP contribution in [0.2, 0.25) is 0 Å². The summed E-state index contributed by atoms with van der Waals surface area (Å²) in [7, 11) is -3.14. The highest BCUT2D eigenvalue weighted by Gasteiger charge is 2.32. The highest BCUT2D eigenvalue weighted by Crippen LogP contribution is 2.32. The lowest BCUT2D eigenvalue weighted by molar-refractivity contribution is 0.102. The van der Waals surface area contributed by atoms with Gasteiger partial charge in [0.05, 0.1) is 39.9 Å². The Kier molecular flexibility index (Phi) is 5.44. The Labute approximate surface area is 196 Å². The van der Waals surface area contributed by atoms with Crippen LogP contribution in [0.3, 0.4) is 0 Å². The van der Waals surface area contributed by atoms with E-state index in [0.29, 0.717) is 40.1 Å². The zero-order valence-electron chi connectivity index (χ0n) is 18.7. The van der Waals surface area contributed by atoms with Crippen LogP contribution >= 0.6 is 0 Å². The molecule has 0 bridgehead atoms. The van der Waals surface area contributed by atoms with Crippen molar-refractivity contribution in [3.8, 4) is 11.3 Å². The molecule has 0 radical (unpaired) electrons. The number of anilines is 1. The van der Waals surface area contributed by atoms with Gasteiger partial charge in [-0.2, -0.15) is 5.10 Å². The molecule has 0 spiro atoms. The monoisotopic (exact) mass is 478 g/mol. The van der Waals surface area contributed by atoms with Crippen LogP contribution in [-0.4, -0.2) is 40.6 Å². The number of nitrogens with one attached hydrogen (secondary N) is 1. The molecule has 0 aliphatic carbocycles. The van der Waals surface area contributed by atoms with Gasteiger partial charge < -0.3 is 5.32 Å². The predicted octanol–water partition coefficient (Wildman–Crippen LogP) is 4.47.